The van der Waals surface area contributed by atoms with Crippen LogP contribution in [0.5, 0.6) is 0 Å². The average molecular weight is 253 g/mol. The summed E-state index contributed by atoms with van der Waals surface area (Å²) < 4.78 is 0. The van der Waals surface area contributed by atoms with Gasteiger partial charge in [-0.15, -0.1) is 11.3 Å². The molecule has 94 valence electrons. The van der Waals surface area contributed by atoms with Gasteiger partial charge in [0.1, 0.15) is 0 Å². The number of nitrogens with zero attached hydrogens (tertiary/aromatic N) is 1. The molecule has 4 heteroatoms. The van der Waals surface area contributed by atoms with E-state index in [4.69, 9.17) is 0 Å². The Bertz CT molecular complexity index is 377. The van der Waals surface area contributed by atoms with E-state index in [0.29, 0.717) is 12.3 Å². The van der Waals surface area contributed by atoms with Gasteiger partial charge in [-0.3, -0.25) is 9.78 Å². The standard InChI is InChI=1S/C13H19NO2S/c1-2-10-4-3-5-13(6-10,12(15)16)7-11-8-14-9-17-11/h8-10H,2-7H2,1H3,(H,15,16). The molecule has 1 aliphatic rings. The molecule has 2 unspecified atom stereocenters. The van der Waals surface area contributed by atoms with Gasteiger partial charge in [-0.1, -0.05) is 26.2 Å². The quantitative estimate of drug-likeness (QED) is 0.895. The van der Waals surface area contributed by atoms with Crippen LogP contribution in [0.2, 0.25) is 0 Å². The van der Waals surface area contributed by atoms with Crippen LogP contribution in [0.15, 0.2) is 11.7 Å². The lowest BCUT2D eigenvalue weighted by molar-refractivity contribution is -0.152. The van der Waals surface area contributed by atoms with Crippen LogP contribution in [0, 0.1) is 11.3 Å². The molecular weight excluding hydrogens is 234 g/mol. The second-order valence-corrected chi connectivity index (χ2v) is 6.07. The summed E-state index contributed by atoms with van der Waals surface area (Å²) in [4.78, 5) is 16.8. The highest BCUT2D eigenvalue weighted by Crippen LogP contribution is 2.43. The van der Waals surface area contributed by atoms with Crippen LogP contribution in [-0.2, 0) is 11.2 Å². The maximum Gasteiger partial charge on any atom is 0.310 e. The first-order valence-electron chi connectivity index (χ1n) is 6.27. The number of rotatable bonds is 4. The number of aliphatic carboxylic acids is 1. The van der Waals surface area contributed by atoms with Gasteiger partial charge in [-0.25, -0.2) is 0 Å². The van der Waals surface area contributed by atoms with Gasteiger partial charge in [-0.2, -0.15) is 0 Å². The molecule has 1 heterocycles. The van der Waals surface area contributed by atoms with Gasteiger partial charge in [0.15, 0.2) is 0 Å². The van der Waals surface area contributed by atoms with Crippen molar-refractivity contribution in [2.75, 3.05) is 0 Å². The lowest BCUT2D eigenvalue weighted by atomic mass is 9.67. The molecule has 0 aromatic carbocycles. The fourth-order valence-electron chi connectivity index (χ4n) is 2.93. The maximum atomic E-state index is 11.6. The minimum Gasteiger partial charge on any atom is -0.481 e. The zero-order valence-electron chi connectivity index (χ0n) is 10.2. The van der Waals surface area contributed by atoms with Crippen molar-refractivity contribution >= 4 is 17.3 Å². The monoisotopic (exact) mass is 253 g/mol. The third-order valence-corrected chi connectivity index (χ3v) is 4.75. The average Bonchev–Trinajstić information content (AvgIpc) is 2.81. The normalized spacial score (nSPS) is 29.1. The fraction of sp³-hybridized carbons (Fsp3) is 0.692. The summed E-state index contributed by atoms with van der Waals surface area (Å²) >= 11 is 1.57. The molecule has 0 bridgehead atoms. The van der Waals surface area contributed by atoms with E-state index >= 15 is 0 Å². The number of hydrogen-bond acceptors (Lipinski definition) is 3. The highest BCUT2D eigenvalue weighted by Gasteiger charge is 2.42. The van der Waals surface area contributed by atoms with Crippen molar-refractivity contribution in [1.29, 1.82) is 0 Å². The minimum atomic E-state index is -0.621. The van der Waals surface area contributed by atoms with E-state index in [0.717, 1.165) is 30.6 Å². The van der Waals surface area contributed by atoms with Crippen molar-refractivity contribution in [3.63, 3.8) is 0 Å². The number of carboxylic acid groups (broad SMARTS) is 1. The van der Waals surface area contributed by atoms with Crippen LogP contribution in [0.3, 0.4) is 0 Å². The minimum absolute atomic E-state index is 0.536. The third-order valence-electron chi connectivity index (χ3n) is 3.97. The smallest absolute Gasteiger partial charge is 0.310 e. The van der Waals surface area contributed by atoms with Crippen molar-refractivity contribution in [3.8, 4) is 0 Å². The topological polar surface area (TPSA) is 50.2 Å². The highest BCUT2D eigenvalue weighted by atomic mass is 32.1. The first-order chi connectivity index (χ1) is 8.16. The lowest BCUT2D eigenvalue weighted by Gasteiger charge is -2.37. The van der Waals surface area contributed by atoms with E-state index in [1.165, 1.54) is 6.42 Å². The summed E-state index contributed by atoms with van der Waals surface area (Å²) in [7, 11) is 0. The van der Waals surface area contributed by atoms with Gasteiger partial charge in [0.25, 0.3) is 0 Å². The van der Waals surface area contributed by atoms with Crippen LogP contribution >= 0.6 is 11.3 Å². The Kier molecular flexibility index (Phi) is 3.82. The number of aromatic nitrogens is 1. The van der Waals surface area contributed by atoms with E-state index in [9.17, 15) is 9.90 Å². The van der Waals surface area contributed by atoms with Crippen LogP contribution in [-0.4, -0.2) is 16.1 Å². The van der Waals surface area contributed by atoms with E-state index in [1.54, 1.807) is 16.8 Å². The second kappa shape index (κ2) is 5.17. The molecule has 1 saturated carbocycles. The Morgan fingerprint density at radius 1 is 1.71 bits per heavy atom. The Hall–Kier alpha value is -0.900. The molecule has 1 fully saturated rings. The van der Waals surface area contributed by atoms with Crippen molar-refractivity contribution in [3.05, 3.63) is 16.6 Å². The molecular formula is C13H19NO2S. The summed E-state index contributed by atoms with van der Waals surface area (Å²) in [5, 5.41) is 9.59. The molecule has 3 nitrogen and oxygen atoms in total. The van der Waals surface area contributed by atoms with E-state index < -0.39 is 11.4 Å². The molecule has 0 amide bonds. The molecule has 0 radical (unpaired) electrons. The molecule has 1 N–H and O–H groups in total. The molecule has 17 heavy (non-hydrogen) atoms. The fourth-order valence-corrected chi connectivity index (χ4v) is 3.67. The maximum absolute atomic E-state index is 11.6. The van der Waals surface area contributed by atoms with Gasteiger partial charge in [0.2, 0.25) is 0 Å². The van der Waals surface area contributed by atoms with Crippen molar-refractivity contribution < 1.29 is 9.90 Å². The summed E-state index contributed by atoms with van der Waals surface area (Å²) in [6.07, 6.45) is 7.44. The summed E-state index contributed by atoms with van der Waals surface area (Å²) in [5.74, 6) is -0.0446. The van der Waals surface area contributed by atoms with Gasteiger partial charge in [-0.05, 0) is 25.2 Å². The van der Waals surface area contributed by atoms with E-state index in [2.05, 4.69) is 11.9 Å². The Labute approximate surface area is 106 Å². The largest absolute Gasteiger partial charge is 0.481 e. The van der Waals surface area contributed by atoms with Crippen LogP contribution in [0.25, 0.3) is 0 Å². The predicted molar refractivity (Wildman–Crippen MR) is 68.1 cm³/mol. The molecule has 1 aromatic heterocycles. The number of carboxylic acids is 1. The molecule has 0 saturated heterocycles. The zero-order valence-corrected chi connectivity index (χ0v) is 11.0. The summed E-state index contributed by atoms with van der Waals surface area (Å²) in [6, 6.07) is 0. The lowest BCUT2D eigenvalue weighted by Crippen LogP contribution is -2.38. The molecule has 1 aliphatic carbocycles. The first-order valence-corrected chi connectivity index (χ1v) is 7.15. The van der Waals surface area contributed by atoms with Gasteiger partial charge in [0.05, 0.1) is 10.9 Å². The highest BCUT2D eigenvalue weighted by molar-refractivity contribution is 7.09. The van der Waals surface area contributed by atoms with Gasteiger partial charge < -0.3 is 5.11 Å². The third kappa shape index (κ3) is 2.68. The van der Waals surface area contributed by atoms with E-state index in [-0.39, 0.29) is 0 Å². The van der Waals surface area contributed by atoms with Crippen LogP contribution < -0.4 is 0 Å². The molecule has 0 aliphatic heterocycles. The number of carbonyl (C=O) groups is 1. The Morgan fingerprint density at radius 2 is 2.53 bits per heavy atom. The molecule has 0 spiro atoms. The van der Waals surface area contributed by atoms with Crippen molar-refractivity contribution in [2.45, 2.75) is 45.4 Å². The molecule has 1 aromatic rings. The number of thiazole rings is 1. The Balaban J connectivity index is 2.17. The first kappa shape index (κ1) is 12.6. The van der Waals surface area contributed by atoms with Crippen molar-refractivity contribution in [1.82, 2.24) is 4.98 Å². The molecule has 2 rings (SSSR count). The van der Waals surface area contributed by atoms with Gasteiger partial charge in [0, 0.05) is 11.1 Å². The number of hydrogen-bond donors (Lipinski definition) is 1. The van der Waals surface area contributed by atoms with E-state index in [1.807, 2.05) is 6.20 Å². The SMILES string of the molecule is CCC1CCCC(Cc2cncs2)(C(=O)O)C1. The van der Waals surface area contributed by atoms with Crippen LogP contribution in [0.4, 0.5) is 0 Å². The summed E-state index contributed by atoms with van der Waals surface area (Å²) in [6.45, 7) is 2.16. The molecule has 2 atom stereocenters. The summed E-state index contributed by atoms with van der Waals surface area (Å²) in [5.41, 5.74) is 1.25. The Morgan fingerprint density at radius 3 is 3.12 bits per heavy atom. The van der Waals surface area contributed by atoms with Crippen LogP contribution in [0.1, 0.15) is 43.9 Å². The van der Waals surface area contributed by atoms with Crippen molar-refractivity contribution in [2.24, 2.45) is 11.3 Å². The zero-order chi connectivity index (χ0) is 12.3. The predicted octanol–water partition coefficient (Wildman–Crippen LogP) is 3.36. The van der Waals surface area contributed by atoms with Gasteiger partial charge >= 0.3 is 5.97 Å². The second-order valence-electron chi connectivity index (χ2n) is 5.10.